The van der Waals surface area contributed by atoms with Gasteiger partial charge in [0.1, 0.15) is 22.3 Å². The van der Waals surface area contributed by atoms with Gasteiger partial charge in [-0.15, -0.1) is 0 Å². The van der Waals surface area contributed by atoms with Crippen molar-refractivity contribution in [1.29, 1.82) is 0 Å². The molecule has 0 saturated carbocycles. The third-order valence-electron chi connectivity index (χ3n) is 8.67. The van der Waals surface area contributed by atoms with Gasteiger partial charge < -0.3 is 13.7 Å². The van der Waals surface area contributed by atoms with Crippen LogP contribution >= 0.6 is 0 Å². The number of nitrogens with zero attached hydrogens (tertiary/aromatic N) is 1. The smallest absolute Gasteiger partial charge is 0.143 e. The summed E-state index contributed by atoms with van der Waals surface area (Å²) in [6.07, 6.45) is 0. The van der Waals surface area contributed by atoms with E-state index < -0.39 is 0 Å². The topological polar surface area (TPSA) is 29.5 Å². The number of rotatable bonds is 5. The maximum Gasteiger partial charge on any atom is 0.143 e. The van der Waals surface area contributed by atoms with Crippen LogP contribution in [0, 0.1) is 0 Å². The molecule has 2 heterocycles. The molecule has 0 aliphatic carbocycles. The maximum absolute atomic E-state index is 6.79. The van der Waals surface area contributed by atoms with Crippen molar-refractivity contribution < 1.29 is 8.83 Å². The van der Waals surface area contributed by atoms with Gasteiger partial charge in [-0.1, -0.05) is 103 Å². The van der Waals surface area contributed by atoms with E-state index >= 15 is 0 Å². The SMILES string of the molecule is c1ccc(-c2ccc(-c3ccc(N(c4ccccc4)c4ccccc4)cc3)c3oc4ccc5oc6ccccc6c5c4c23)cc1. The van der Waals surface area contributed by atoms with Crippen LogP contribution in [0.2, 0.25) is 0 Å². The van der Waals surface area contributed by atoms with Gasteiger partial charge in [0.2, 0.25) is 0 Å². The fraction of sp³-hybridized carbons (Fsp3) is 0. The Bertz CT molecular complexity index is 2420. The van der Waals surface area contributed by atoms with E-state index in [1.54, 1.807) is 0 Å². The summed E-state index contributed by atoms with van der Waals surface area (Å²) in [6, 6.07) is 57.0. The number of furan rings is 2. The van der Waals surface area contributed by atoms with E-state index in [1.165, 1.54) is 0 Å². The minimum absolute atomic E-state index is 0.852. The lowest BCUT2D eigenvalue weighted by Gasteiger charge is -2.25. The van der Waals surface area contributed by atoms with Crippen molar-refractivity contribution >= 4 is 60.9 Å². The predicted octanol–water partition coefficient (Wildman–Crippen LogP) is 12.3. The van der Waals surface area contributed by atoms with Crippen molar-refractivity contribution in [2.24, 2.45) is 0 Å². The van der Waals surface area contributed by atoms with Gasteiger partial charge in [0.15, 0.2) is 0 Å². The molecule has 0 atom stereocenters. The number of benzene rings is 7. The monoisotopic (exact) mass is 577 g/mol. The largest absolute Gasteiger partial charge is 0.456 e. The zero-order valence-electron chi connectivity index (χ0n) is 24.4. The first kappa shape index (κ1) is 25.4. The van der Waals surface area contributed by atoms with E-state index in [1.807, 2.05) is 36.4 Å². The van der Waals surface area contributed by atoms with Crippen LogP contribution in [0.5, 0.6) is 0 Å². The molecule has 0 fully saturated rings. The molecule has 0 N–H and O–H groups in total. The predicted molar refractivity (Wildman–Crippen MR) is 187 cm³/mol. The van der Waals surface area contributed by atoms with Crippen molar-refractivity contribution in [3.8, 4) is 22.3 Å². The number of hydrogen-bond acceptors (Lipinski definition) is 3. The molecule has 0 radical (unpaired) electrons. The molecule has 0 unspecified atom stereocenters. The Kier molecular flexibility index (Phi) is 5.82. The van der Waals surface area contributed by atoms with Crippen LogP contribution in [-0.2, 0) is 0 Å². The van der Waals surface area contributed by atoms with Gasteiger partial charge in [-0.25, -0.2) is 0 Å². The highest BCUT2D eigenvalue weighted by Crippen LogP contribution is 2.46. The quantitative estimate of drug-likeness (QED) is 0.204. The van der Waals surface area contributed by atoms with Crippen LogP contribution in [0.4, 0.5) is 17.1 Å². The van der Waals surface area contributed by atoms with Gasteiger partial charge in [-0.2, -0.15) is 0 Å². The average Bonchev–Trinajstić information content (AvgIpc) is 3.69. The van der Waals surface area contributed by atoms with Crippen LogP contribution < -0.4 is 4.90 Å². The zero-order valence-corrected chi connectivity index (χ0v) is 24.4. The molecular weight excluding hydrogens is 550 g/mol. The highest BCUT2D eigenvalue weighted by Gasteiger charge is 2.22. The van der Waals surface area contributed by atoms with Crippen LogP contribution in [0.25, 0.3) is 66.1 Å². The second kappa shape index (κ2) is 10.3. The molecule has 212 valence electrons. The molecule has 7 aromatic carbocycles. The van der Waals surface area contributed by atoms with Crippen LogP contribution in [0.15, 0.2) is 173 Å². The van der Waals surface area contributed by atoms with Gasteiger partial charge in [-0.05, 0) is 77.4 Å². The Morgan fingerprint density at radius 2 is 0.867 bits per heavy atom. The molecule has 45 heavy (non-hydrogen) atoms. The Morgan fingerprint density at radius 1 is 0.333 bits per heavy atom. The number of anilines is 3. The second-order valence-corrected chi connectivity index (χ2v) is 11.3. The fourth-order valence-electron chi connectivity index (χ4n) is 6.65. The first-order chi connectivity index (χ1) is 22.3. The fourth-order valence-corrected chi connectivity index (χ4v) is 6.65. The van der Waals surface area contributed by atoms with Crippen LogP contribution in [0.3, 0.4) is 0 Å². The summed E-state index contributed by atoms with van der Waals surface area (Å²) in [6.45, 7) is 0. The normalized spacial score (nSPS) is 11.6. The van der Waals surface area contributed by atoms with Crippen molar-refractivity contribution in [3.05, 3.63) is 164 Å². The molecule has 0 spiro atoms. The first-order valence-electron chi connectivity index (χ1n) is 15.2. The zero-order chi connectivity index (χ0) is 29.7. The van der Waals surface area contributed by atoms with E-state index in [2.05, 4.69) is 132 Å². The minimum Gasteiger partial charge on any atom is -0.456 e. The van der Waals surface area contributed by atoms with Gasteiger partial charge in [-0.3, -0.25) is 0 Å². The lowest BCUT2D eigenvalue weighted by atomic mass is 9.93. The van der Waals surface area contributed by atoms with Crippen LogP contribution in [0.1, 0.15) is 0 Å². The standard InChI is InChI=1S/C42H27NO2/c1-4-12-28(13-5-1)33-24-25-34(42-40(33)41-38(45-42)27-26-37-39(41)35-18-10-11-19-36(35)44-37)29-20-22-32(23-21-29)43(30-14-6-2-7-15-30)31-16-8-3-9-17-31/h1-27H. The van der Waals surface area contributed by atoms with Crippen molar-refractivity contribution in [2.75, 3.05) is 4.90 Å². The second-order valence-electron chi connectivity index (χ2n) is 11.3. The van der Waals surface area contributed by atoms with E-state index in [9.17, 15) is 0 Å². The van der Waals surface area contributed by atoms with E-state index in [4.69, 9.17) is 8.83 Å². The molecule has 0 amide bonds. The summed E-state index contributed by atoms with van der Waals surface area (Å²) in [5.41, 5.74) is 11.2. The van der Waals surface area contributed by atoms with Crippen molar-refractivity contribution in [1.82, 2.24) is 0 Å². The van der Waals surface area contributed by atoms with Gasteiger partial charge in [0.25, 0.3) is 0 Å². The molecule has 0 saturated heterocycles. The number of fused-ring (bicyclic) bond motifs is 7. The summed E-state index contributed by atoms with van der Waals surface area (Å²) in [5, 5.41) is 4.37. The van der Waals surface area contributed by atoms with Gasteiger partial charge in [0, 0.05) is 44.2 Å². The summed E-state index contributed by atoms with van der Waals surface area (Å²) in [7, 11) is 0. The third-order valence-corrected chi connectivity index (χ3v) is 8.67. The first-order valence-corrected chi connectivity index (χ1v) is 15.2. The van der Waals surface area contributed by atoms with E-state index in [0.29, 0.717) is 0 Å². The summed E-state index contributed by atoms with van der Waals surface area (Å²) < 4.78 is 13.1. The Morgan fingerprint density at radius 3 is 1.56 bits per heavy atom. The molecule has 3 heteroatoms. The van der Waals surface area contributed by atoms with Crippen LogP contribution in [-0.4, -0.2) is 0 Å². The summed E-state index contributed by atoms with van der Waals surface area (Å²) in [4.78, 5) is 2.28. The highest BCUT2D eigenvalue weighted by atomic mass is 16.3. The van der Waals surface area contributed by atoms with Crippen molar-refractivity contribution in [2.45, 2.75) is 0 Å². The lowest BCUT2D eigenvalue weighted by Crippen LogP contribution is -2.09. The van der Waals surface area contributed by atoms with Gasteiger partial charge in [0.05, 0.1) is 0 Å². The summed E-state index contributed by atoms with van der Waals surface area (Å²) >= 11 is 0. The third kappa shape index (κ3) is 4.13. The van der Waals surface area contributed by atoms with Gasteiger partial charge >= 0.3 is 0 Å². The Labute approximate surface area is 260 Å². The Balaban J connectivity index is 1.27. The molecular formula is C42H27NO2. The number of para-hydroxylation sites is 3. The molecule has 9 aromatic rings. The van der Waals surface area contributed by atoms with E-state index in [-0.39, 0.29) is 0 Å². The minimum atomic E-state index is 0.852. The summed E-state index contributed by atoms with van der Waals surface area (Å²) in [5.74, 6) is 0. The highest BCUT2D eigenvalue weighted by molar-refractivity contribution is 6.29. The maximum atomic E-state index is 6.79. The van der Waals surface area contributed by atoms with E-state index in [0.717, 1.165) is 83.2 Å². The molecule has 0 bridgehead atoms. The molecule has 9 rings (SSSR count). The number of hydrogen-bond donors (Lipinski definition) is 0. The lowest BCUT2D eigenvalue weighted by molar-refractivity contribution is 0.663. The molecule has 0 aliphatic rings. The van der Waals surface area contributed by atoms with Crippen molar-refractivity contribution in [3.63, 3.8) is 0 Å². The molecule has 2 aromatic heterocycles. The average molecular weight is 578 g/mol. The molecule has 0 aliphatic heterocycles. The Hall–Kier alpha value is -6.06. The molecule has 3 nitrogen and oxygen atoms in total.